The van der Waals surface area contributed by atoms with Gasteiger partial charge in [0.1, 0.15) is 0 Å². The van der Waals surface area contributed by atoms with Crippen LogP contribution in [0.3, 0.4) is 0 Å². The average Bonchev–Trinajstić information content (AvgIpc) is 2.03. The van der Waals surface area contributed by atoms with Crippen molar-refractivity contribution in [3.8, 4) is 0 Å². The number of rotatable bonds is 2. The van der Waals surface area contributed by atoms with Gasteiger partial charge in [0.25, 0.3) is 5.91 Å². The molecule has 0 radical (unpaired) electrons. The first-order valence-corrected chi connectivity index (χ1v) is 6.52. The first kappa shape index (κ1) is 10.0. The highest BCUT2D eigenvalue weighted by atomic mass is 31.2. The van der Waals surface area contributed by atoms with Crippen molar-refractivity contribution in [2.24, 2.45) is 0 Å². The second-order valence-electron chi connectivity index (χ2n) is 3.16. The van der Waals surface area contributed by atoms with Crippen molar-refractivity contribution in [2.75, 3.05) is 13.3 Å². The lowest BCUT2D eigenvalue weighted by atomic mass is 10.2. The van der Waals surface area contributed by atoms with Crippen LogP contribution in [0.1, 0.15) is 10.4 Å². The highest BCUT2D eigenvalue weighted by molar-refractivity contribution is 7.61. The summed E-state index contributed by atoms with van der Waals surface area (Å²) in [6.07, 6.45) is 0. The molecular formula is C9H12NO2P. The van der Waals surface area contributed by atoms with Gasteiger partial charge in [0.2, 0.25) is 0 Å². The normalized spacial score (nSPS) is 10.9. The number of nitrogens with one attached hydrogen (secondary N) is 1. The highest BCUT2D eigenvalue weighted by Gasteiger charge is 2.12. The molecule has 0 spiro atoms. The van der Waals surface area contributed by atoms with E-state index in [4.69, 9.17) is 0 Å². The molecule has 0 heterocycles. The molecule has 0 aromatic heterocycles. The van der Waals surface area contributed by atoms with E-state index in [0.29, 0.717) is 5.56 Å². The SMILES string of the molecule is CP(C)(=O)NC(=O)c1ccccc1. The van der Waals surface area contributed by atoms with E-state index >= 15 is 0 Å². The van der Waals surface area contributed by atoms with Crippen molar-refractivity contribution in [1.82, 2.24) is 5.09 Å². The summed E-state index contributed by atoms with van der Waals surface area (Å²) in [4.78, 5) is 11.4. The number of carbonyl (C=O) groups is 1. The maximum atomic E-state index is 11.4. The second-order valence-corrected chi connectivity index (χ2v) is 6.08. The molecule has 0 aliphatic carbocycles. The van der Waals surface area contributed by atoms with Gasteiger partial charge in [-0.2, -0.15) is 0 Å². The van der Waals surface area contributed by atoms with Crippen molar-refractivity contribution in [1.29, 1.82) is 0 Å². The van der Waals surface area contributed by atoms with Crippen LogP contribution in [0.2, 0.25) is 0 Å². The molecule has 1 N–H and O–H groups in total. The maximum absolute atomic E-state index is 11.4. The second kappa shape index (κ2) is 3.75. The molecule has 0 saturated heterocycles. The molecule has 0 aliphatic rings. The molecule has 0 saturated carbocycles. The third kappa shape index (κ3) is 3.43. The molecule has 0 fully saturated rings. The lowest BCUT2D eigenvalue weighted by Crippen LogP contribution is -2.19. The minimum atomic E-state index is -2.49. The molecule has 0 bridgehead atoms. The zero-order chi connectivity index (χ0) is 9.90. The van der Waals surface area contributed by atoms with Gasteiger partial charge in [-0.3, -0.25) is 4.79 Å². The van der Waals surface area contributed by atoms with E-state index in [9.17, 15) is 9.36 Å². The molecule has 70 valence electrons. The molecule has 1 amide bonds. The Bertz CT molecular complexity index is 342. The van der Waals surface area contributed by atoms with Gasteiger partial charge in [0, 0.05) is 18.9 Å². The van der Waals surface area contributed by atoms with Crippen LogP contribution in [0.15, 0.2) is 30.3 Å². The van der Waals surface area contributed by atoms with Crippen molar-refractivity contribution in [2.45, 2.75) is 0 Å². The molecule has 1 aromatic carbocycles. The largest absolute Gasteiger partial charge is 0.303 e. The summed E-state index contributed by atoms with van der Waals surface area (Å²) in [6, 6.07) is 8.74. The fraction of sp³-hybridized carbons (Fsp3) is 0.222. The third-order valence-electron chi connectivity index (χ3n) is 1.41. The molecule has 1 rings (SSSR count). The number of hydrogen-bond donors (Lipinski definition) is 1. The van der Waals surface area contributed by atoms with Crippen molar-refractivity contribution in [3.63, 3.8) is 0 Å². The predicted octanol–water partition coefficient (Wildman–Crippen LogP) is 1.95. The van der Waals surface area contributed by atoms with Gasteiger partial charge in [-0.15, -0.1) is 0 Å². The van der Waals surface area contributed by atoms with Crippen molar-refractivity contribution in [3.05, 3.63) is 35.9 Å². The number of benzene rings is 1. The van der Waals surface area contributed by atoms with Crippen LogP contribution < -0.4 is 5.09 Å². The van der Waals surface area contributed by atoms with Gasteiger partial charge in [-0.05, 0) is 12.1 Å². The topological polar surface area (TPSA) is 46.2 Å². The van der Waals surface area contributed by atoms with Crippen molar-refractivity contribution >= 4 is 13.2 Å². The summed E-state index contributed by atoms with van der Waals surface area (Å²) in [5.41, 5.74) is 0.534. The highest BCUT2D eigenvalue weighted by Crippen LogP contribution is 2.29. The van der Waals surface area contributed by atoms with Gasteiger partial charge < -0.3 is 9.65 Å². The van der Waals surface area contributed by atoms with Crippen LogP contribution in [0, 0.1) is 0 Å². The van der Waals surface area contributed by atoms with Crippen LogP contribution >= 0.6 is 7.29 Å². The summed E-state index contributed by atoms with van der Waals surface area (Å²) in [5, 5.41) is 2.45. The third-order valence-corrected chi connectivity index (χ3v) is 2.15. The zero-order valence-corrected chi connectivity index (χ0v) is 8.54. The van der Waals surface area contributed by atoms with Crippen LogP contribution in [0.5, 0.6) is 0 Å². The van der Waals surface area contributed by atoms with E-state index in [0.717, 1.165) is 0 Å². The summed E-state index contributed by atoms with van der Waals surface area (Å²) in [7, 11) is -2.49. The Morgan fingerprint density at radius 3 is 2.23 bits per heavy atom. The van der Waals surface area contributed by atoms with Crippen LogP contribution in [-0.2, 0) is 4.57 Å². The molecule has 0 unspecified atom stereocenters. The predicted molar refractivity (Wildman–Crippen MR) is 53.4 cm³/mol. The van der Waals surface area contributed by atoms with E-state index < -0.39 is 7.29 Å². The van der Waals surface area contributed by atoms with Crippen LogP contribution in [-0.4, -0.2) is 19.2 Å². The lowest BCUT2D eigenvalue weighted by molar-refractivity contribution is 0.0981. The van der Waals surface area contributed by atoms with Gasteiger partial charge in [-0.1, -0.05) is 18.2 Å². The molecular weight excluding hydrogens is 185 g/mol. The van der Waals surface area contributed by atoms with Crippen LogP contribution in [0.4, 0.5) is 0 Å². The van der Waals surface area contributed by atoms with Gasteiger partial charge in [-0.25, -0.2) is 0 Å². The van der Waals surface area contributed by atoms with Gasteiger partial charge in [0.05, 0.1) is 0 Å². The monoisotopic (exact) mass is 197 g/mol. The van der Waals surface area contributed by atoms with E-state index in [-0.39, 0.29) is 5.91 Å². The summed E-state index contributed by atoms with van der Waals surface area (Å²) in [5.74, 6) is -0.283. The quantitative estimate of drug-likeness (QED) is 0.736. The first-order valence-electron chi connectivity index (χ1n) is 3.92. The minimum absolute atomic E-state index is 0.283. The summed E-state index contributed by atoms with van der Waals surface area (Å²) < 4.78 is 11.3. The Morgan fingerprint density at radius 2 is 1.77 bits per heavy atom. The number of hydrogen-bond acceptors (Lipinski definition) is 2. The Morgan fingerprint density at radius 1 is 1.23 bits per heavy atom. The maximum Gasteiger partial charge on any atom is 0.256 e. The van der Waals surface area contributed by atoms with E-state index in [1.54, 1.807) is 24.3 Å². The smallest absolute Gasteiger partial charge is 0.256 e. The summed E-state index contributed by atoms with van der Waals surface area (Å²) >= 11 is 0. The summed E-state index contributed by atoms with van der Waals surface area (Å²) in [6.45, 7) is 3.04. The Hall–Kier alpha value is -1.08. The zero-order valence-electron chi connectivity index (χ0n) is 7.65. The number of amides is 1. The van der Waals surface area contributed by atoms with E-state index in [1.165, 1.54) is 13.3 Å². The first-order chi connectivity index (χ1) is 5.99. The fourth-order valence-electron chi connectivity index (χ4n) is 0.899. The Kier molecular flexibility index (Phi) is 2.89. The van der Waals surface area contributed by atoms with Gasteiger partial charge >= 0.3 is 0 Å². The van der Waals surface area contributed by atoms with Crippen molar-refractivity contribution < 1.29 is 9.36 Å². The van der Waals surface area contributed by atoms with Crippen LogP contribution in [0.25, 0.3) is 0 Å². The van der Waals surface area contributed by atoms with E-state index in [1.807, 2.05) is 6.07 Å². The molecule has 4 heteroatoms. The molecule has 0 aliphatic heterocycles. The van der Waals surface area contributed by atoms with Gasteiger partial charge in [0.15, 0.2) is 7.29 Å². The molecule has 3 nitrogen and oxygen atoms in total. The molecule has 13 heavy (non-hydrogen) atoms. The average molecular weight is 197 g/mol. The molecule has 1 aromatic rings. The Labute approximate surface area is 77.6 Å². The van der Waals surface area contributed by atoms with E-state index in [2.05, 4.69) is 5.09 Å². The lowest BCUT2D eigenvalue weighted by Gasteiger charge is -2.08. The number of carbonyl (C=O) groups excluding carboxylic acids is 1. The molecule has 0 atom stereocenters. The standard InChI is InChI=1S/C9H12NO2P/c1-13(2,12)10-9(11)8-6-4-3-5-7-8/h3-7H,1-2H3,(H,10,11,12). The fourth-order valence-corrected chi connectivity index (χ4v) is 1.52. The Balaban J connectivity index is 2.76. The minimum Gasteiger partial charge on any atom is -0.303 e.